The minimum Gasteiger partial charge on any atom is -0.494 e. The fraction of sp³-hybridized carbons (Fsp3) is 0.565. The molecule has 30 heavy (non-hydrogen) atoms. The average Bonchev–Trinajstić information content (AvgIpc) is 3.24. The van der Waals surface area contributed by atoms with E-state index in [1.807, 2.05) is 32.2 Å². The van der Waals surface area contributed by atoms with Crippen molar-refractivity contribution in [2.24, 2.45) is 10.9 Å². The van der Waals surface area contributed by atoms with Crippen LogP contribution in [0.2, 0.25) is 0 Å². The number of ether oxygens (including phenoxy) is 1. The number of aryl methyl sites for hydroxylation is 1. The van der Waals surface area contributed by atoms with Gasteiger partial charge in [-0.1, -0.05) is 25.1 Å². The molecule has 1 aliphatic heterocycles. The predicted molar refractivity (Wildman–Crippen MR) is 125 cm³/mol. The maximum absolute atomic E-state index is 5.71. The molecule has 3 rings (SSSR count). The van der Waals surface area contributed by atoms with Crippen molar-refractivity contribution < 1.29 is 4.74 Å². The van der Waals surface area contributed by atoms with E-state index in [-0.39, 0.29) is 0 Å². The largest absolute Gasteiger partial charge is 0.494 e. The van der Waals surface area contributed by atoms with Crippen molar-refractivity contribution in [1.82, 2.24) is 20.5 Å². The van der Waals surface area contributed by atoms with Gasteiger partial charge < -0.3 is 15.4 Å². The second-order valence-corrected chi connectivity index (χ2v) is 8.60. The maximum Gasteiger partial charge on any atom is 0.191 e. The number of nitrogens with one attached hydrogen (secondary N) is 2. The van der Waals surface area contributed by atoms with Crippen LogP contribution >= 0.6 is 11.3 Å². The van der Waals surface area contributed by atoms with Crippen LogP contribution in [0.15, 0.2) is 34.6 Å². The summed E-state index contributed by atoms with van der Waals surface area (Å²) in [5, 5.41) is 10.4. The number of thiazole rings is 1. The molecule has 164 valence electrons. The van der Waals surface area contributed by atoms with Gasteiger partial charge in [0.25, 0.3) is 0 Å². The van der Waals surface area contributed by atoms with Crippen LogP contribution in [-0.4, -0.2) is 49.1 Å². The summed E-state index contributed by atoms with van der Waals surface area (Å²) in [7, 11) is 1.82. The van der Waals surface area contributed by atoms with E-state index < -0.39 is 0 Å². The first kappa shape index (κ1) is 22.6. The highest BCUT2D eigenvalue weighted by Gasteiger charge is 2.20. The number of piperidine rings is 1. The summed E-state index contributed by atoms with van der Waals surface area (Å²) >= 11 is 1.78. The van der Waals surface area contributed by atoms with Crippen molar-refractivity contribution >= 4 is 17.3 Å². The smallest absolute Gasteiger partial charge is 0.191 e. The zero-order valence-electron chi connectivity index (χ0n) is 18.5. The molecule has 1 saturated heterocycles. The molecule has 7 heteroatoms. The average molecular weight is 430 g/mol. The standard InChI is InChI=1S/C23H35N5OS/c1-4-22-27-20(17-30-22)16-28-12-10-18(11-13-28)14-25-23(24-3)26-15-19-8-6-7-9-21(19)29-5-2/h6-9,17-18H,4-5,10-16H2,1-3H3,(H2,24,25,26). The number of likely N-dealkylation sites (tertiary alicyclic amines) is 1. The topological polar surface area (TPSA) is 61.8 Å². The van der Waals surface area contributed by atoms with E-state index in [1.165, 1.54) is 23.5 Å². The third-order valence-corrected chi connectivity index (χ3v) is 6.54. The quantitative estimate of drug-likeness (QED) is 0.470. The summed E-state index contributed by atoms with van der Waals surface area (Å²) in [6.07, 6.45) is 3.45. The number of guanidine groups is 1. The van der Waals surface area contributed by atoms with Gasteiger partial charge in [-0.3, -0.25) is 9.89 Å². The van der Waals surface area contributed by atoms with Gasteiger partial charge in [-0.25, -0.2) is 4.98 Å². The summed E-state index contributed by atoms with van der Waals surface area (Å²) < 4.78 is 5.71. The predicted octanol–water partition coefficient (Wildman–Crippen LogP) is 3.68. The Labute approximate surface area is 184 Å². The van der Waals surface area contributed by atoms with Gasteiger partial charge in [0.15, 0.2) is 5.96 Å². The first-order chi connectivity index (χ1) is 14.7. The molecule has 1 aromatic heterocycles. The summed E-state index contributed by atoms with van der Waals surface area (Å²) in [4.78, 5) is 11.6. The van der Waals surface area contributed by atoms with E-state index in [9.17, 15) is 0 Å². The van der Waals surface area contributed by atoms with Crippen molar-refractivity contribution in [2.45, 2.75) is 46.2 Å². The molecule has 0 bridgehead atoms. The molecule has 0 unspecified atom stereocenters. The fourth-order valence-electron chi connectivity index (χ4n) is 3.75. The van der Waals surface area contributed by atoms with Crippen LogP contribution in [-0.2, 0) is 19.5 Å². The second-order valence-electron chi connectivity index (χ2n) is 7.65. The zero-order valence-corrected chi connectivity index (χ0v) is 19.3. The Hall–Kier alpha value is -2.12. The molecule has 0 spiro atoms. The van der Waals surface area contributed by atoms with E-state index in [0.29, 0.717) is 19.1 Å². The minimum atomic E-state index is 0.672. The molecular formula is C23H35N5OS. The molecule has 0 aliphatic carbocycles. The van der Waals surface area contributed by atoms with Crippen molar-refractivity contribution in [1.29, 1.82) is 0 Å². The molecule has 2 aromatic rings. The van der Waals surface area contributed by atoms with Crippen LogP contribution in [0.3, 0.4) is 0 Å². The molecule has 0 amide bonds. The second kappa shape index (κ2) is 11.9. The number of aliphatic imine (C=N–C) groups is 1. The van der Waals surface area contributed by atoms with E-state index in [0.717, 1.165) is 49.9 Å². The van der Waals surface area contributed by atoms with E-state index in [2.05, 4.69) is 38.9 Å². The molecule has 1 aliphatic rings. The van der Waals surface area contributed by atoms with Gasteiger partial charge in [-0.05, 0) is 51.3 Å². The Morgan fingerprint density at radius 2 is 2.03 bits per heavy atom. The lowest BCUT2D eigenvalue weighted by atomic mass is 9.97. The fourth-order valence-corrected chi connectivity index (χ4v) is 4.48. The Morgan fingerprint density at radius 1 is 1.23 bits per heavy atom. The van der Waals surface area contributed by atoms with Crippen LogP contribution in [0.1, 0.15) is 43.0 Å². The molecule has 6 nitrogen and oxygen atoms in total. The maximum atomic E-state index is 5.71. The van der Waals surface area contributed by atoms with Crippen molar-refractivity contribution in [3.63, 3.8) is 0 Å². The number of rotatable bonds is 9. The molecule has 1 fully saturated rings. The monoisotopic (exact) mass is 429 g/mol. The molecule has 2 heterocycles. The SMILES string of the molecule is CCOc1ccccc1CNC(=NC)NCC1CCN(Cc2csc(CC)n2)CC1. The molecule has 1 aromatic carbocycles. The van der Waals surface area contributed by atoms with Crippen molar-refractivity contribution in [2.75, 3.05) is 33.3 Å². The van der Waals surface area contributed by atoms with Crippen LogP contribution < -0.4 is 15.4 Å². The number of nitrogens with zero attached hydrogens (tertiary/aromatic N) is 3. The van der Waals surface area contributed by atoms with Crippen LogP contribution in [0.4, 0.5) is 0 Å². The van der Waals surface area contributed by atoms with Crippen LogP contribution in [0.5, 0.6) is 5.75 Å². The molecule has 0 atom stereocenters. The van der Waals surface area contributed by atoms with Gasteiger partial charge in [0, 0.05) is 37.6 Å². The lowest BCUT2D eigenvalue weighted by Gasteiger charge is -2.31. The van der Waals surface area contributed by atoms with Gasteiger partial charge >= 0.3 is 0 Å². The van der Waals surface area contributed by atoms with E-state index in [4.69, 9.17) is 9.72 Å². The highest BCUT2D eigenvalue weighted by Crippen LogP contribution is 2.20. The van der Waals surface area contributed by atoms with Crippen molar-refractivity contribution in [3.8, 4) is 5.75 Å². The first-order valence-electron chi connectivity index (χ1n) is 11.0. The Kier molecular flexibility index (Phi) is 8.96. The molecule has 0 radical (unpaired) electrons. The Morgan fingerprint density at radius 3 is 2.73 bits per heavy atom. The molecular weight excluding hydrogens is 394 g/mol. The summed E-state index contributed by atoms with van der Waals surface area (Å²) in [6, 6.07) is 8.15. The van der Waals surface area contributed by atoms with Crippen LogP contribution in [0, 0.1) is 5.92 Å². The van der Waals surface area contributed by atoms with Gasteiger partial charge in [0.2, 0.25) is 0 Å². The van der Waals surface area contributed by atoms with E-state index >= 15 is 0 Å². The van der Waals surface area contributed by atoms with Crippen molar-refractivity contribution in [3.05, 3.63) is 45.9 Å². The van der Waals surface area contributed by atoms with Gasteiger partial charge in [0.1, 0.15) is 5.75 Å². The highest BCUT2D eigenvalue weighted by molar-refractivity contribution is 7.09. The highest BCUT2D eigenvalue weighted by atomic mass is 32.1. The minimum absolute atomic E-state index is 0.672. The zero-order chi connectivity index (χ0) is 21.2. The number of aromatic nitrogens is 1. The third kappa shape index (κ3) is 6.71. The number of para-hydroxylation sites is 1. The van der Waals surface area contributed by atoms with Gasteiger partial charge in [0.05, 0.1) is 17.3 Å². The molecule has 0 saturated carbocycles. The summed E-state index contributed by atoms with van der Waals surface area (Å²) in [5.41, 5.74) is 2.37. The molecule has 2 N–H and O–H groups in total. The number of benzene rings is 1. The third-order valence-electron chi connectivity index (χ3n) is 5.50. The van der Waals surface area contributed by atoms with Crippen LogP contribution in [0.25, 0.3) is 0 Å². The Bertz CT molecular complexity index is 798. The first-order valence-corrected chi connectivity index (χ1v) is 11.9. The Balaban J connectivity index is 1.38. The van der Waals surface area contributed by atoms with Gasteiger partial charge in [-0.15, -0.1) is 11.3 Å². The number of hydrogen-bond donors (Lipinski definition) is 2. The van der Waals surface area contributed by atoms with E-state index in [1.54, 1.807) is 11.3 Å². The number of hydrogen-bond acceptors (Lipinski definition) is 5. The summed E-state index contributed by atoms with van der Waals surface area (Å²) in [5.74, 6) is 2.46. The van der Waals surface area contributed by atoms with Gasteiger partial charge in [-0.2, -0.15) is 0 Å². The summed E-state index contributed by atoms with van der Waals surface area (Å²) in [6.45, 7) is 9.76. The lowest BCUT2D eigenvalue weighted by molar-refractivity contribution is 0.176. The normalized spacial score (nSPS) is 15.9. The lowest BCUT2D eigenvalue weighted by Crippen LogP contribution is -2.42.